The van der Waals surface area contributed by atoms with Crippen LogP contribution in [0, 0.1) is 0 Å². The highest BCUT2D eigenvalue weighted by Gasteiger charge is 2.22. The average molecular weight is 462 g/mol. The summed E-state index contributed by atoms with van der Waals surface area (Å²) in [6.07, 6.45) is 1.99. The normalized spacial score (nSPS) is 12.0. The Morgan fingerprint density at radius 1 is 1.13 bits per heavy atom. The van der Waals surface area contributed by atoms with E-state index >= 15 is 0 Å². The van der Waals surface area contributed by atoms with Crippen LogP contribution in [0.15, 0.2) is 64.0 Å². The summed E-state index contributed by atoms with van der Waals surface area (Å²) in [7, 11) is -3.70. The third-order valence-electron chi connectivity index (χ3n) is 4.13. The number of hydrogen-bond acceptors (Lipinski definition) is 5. The molecular formula is C22H24ClN3O4S. The van der Waals surface area contributed by atoms with Gasteiger partial charge in [-0.3, -0.25) is 4.79 Å². The van der Waals surface area contributed by atoms with Gasteiger partial charge < -0.3 is 9.73 Å². The number of hydrogen-bond donors (Lipinski definition) is 2. The Morgan fingerprint density at radius 3 is 2.58 bits per heavy atom. The molecule has 7 nitrogen and oxygen atoms in total. The number of oxazole rings is 1. The van der Waals surface area contributed by atoms with Crippen LogP contribution >= 0.6 is 11.6 Å². The molecule has 2 N–H and O–H groups in total. The fraction of sp³-hybridized carbons (Fsp3) is 0.273. The highest BCUT2D eigenvalue weighted by molar-refractivity contribution is 7.89. The first-order valence-corrected chi connectivity index (χ1v) is 11.5. The number of rotatable bonds is 7. The Balaban J connectivity index is 1.61. The number of nitrogens with one attached hydrogen (secondary N) is 2. The summed E-state index contributed by atoms with van der Waals surface area (Å²) in [6.45, 7) is 5.28. The SMILES string of the molecule is CC(C)(C)NS(=O)(=O)c1cccc(NC(=O)CCc2ncc(-c3ccccc3Cl)o2)c1. The van der Waals surface area contributed by atoms with E-state index in [-0.39, 0.29) is 17.2 Å². The smallest absolute Gasteiger partial charge is 0.241 e. The Bertz CT molecular complexity index is 1180. The van der Waals surface area contributed by atoms with Gasteiger partial charge in [0.05, 0.1) is 16.1 Å². The van der Waals surface area contributed by atoms with E-state index in [1.807, 2.05) is 18.2 Å². The third kappa shape index (κ3) is 6.40. The fourth-order valence-electron chi connectivity index (χ4n) is 2.86. The molecule has 0 saturated carbocycles. The molecule has 9 heteroatoms. The van der Waals surface area contributed by atoms with Gasteiger partial charge in [-0.15, -0.1) is 0 Å². The zero-order valence-electron chi connectivity index (χ0n) is 17.5. The molecule has 0 unspecified atom stereocenters. The van der Waals surface area contributed by atoms with Crippen LogP contribution in [0.5, 0.6) is 0 Å². The number of aromatic nitrogens is 1. The second kappa shape index (κ2) is 9.21. The highest BCUT2D eigenvalue weighted by atomic mass is 35.5. The number of halogens is 1. The molecule has 1 amide bonds. The van der Waals surface area contributed by atoms with Crippen LogP contribution in [0.2, 0.25) is 5.02 Å². The van der Waals surface area contributed by atoms with E-state index in [0.29, 0.717) is 28.8 Å². The molecule has 0 atom stereocenters. The first-order valence-electron chi connectivity index (χ1n) is 9.67. The molecule has 31 heavy (non-hydrogen) atoms. The van der Waals surface area contributed by atoms with Gasteiger partial charge in [0.25, 0.3) is 0 Å². The van der Waals surface area contributed by atoms with Gasteiger partial charge in [0.15, 0.2) is 11.7 Å². The van der Waals surface area contributed by atoms with Crippen LogP contribution in [-0.2, 0) is 21.2 Å². The number of amides is 1. The summed E-state index contributed by atoms with van der Waals surface area (Å²) >= 11 is 6.17. The third-order valence-corrected chi connectivity index (χ3v) is 6.21. The number of anilines is 1. The van der Waals surface area contributed by atoms with Crippen molar-refractivity contribution in [1.82, 2.24) is 9.71 Å². The molecule has 0 saturated heterocycles. The molecule has 0 spiro atoms. The summed E-state index contributed by atoms with van der Waals surface area (Å²) in [6, 6.07) is 13.4. The maximum absolute atomic E-state index is 12.5. The summed E-state index contributed by atoms with van der Waals surface area (Å²) in [5, 5.41) is 3.27. The van der Waals surface area contributed by atoms with Crippen molar-refractivity contribution in [2.24, 2.45) is 0 Å². The van der Waals surface area contributed by atoms with Crippen molar-refractivity contribution >= 4 is 33.2 Å². The number of aryl methyl sites for hydroxylation is 1. The molecule has 3 rings (SSSR count). The maximum Gasteiger partial charge on any atom is 0.241 e. The standard InChI is InChI=1S/C22H24ClN3O4S/c1-22(2,3)26-31(28,29)16-8-6-7-15(13-16)25-20(27)11-12-21-24-14-19(30-21)17-9-4-5-10-18(17)23/h4-10,13-14,26H,11-12H2,1-3H3,(H,25,27). The molecule has 0 aliphatic rings. The molecule has 1 aromatic heterocycles. The lowest BCUT2D eigenvalue weighted by atomic mass is 10.1. The minimum Gasteiger partial charge on any atom is -0.441 e. The first kappa shape index (κ1) is 23.0. The van der Waals surface area contributed by atoms with Crippen molar-refractivity contribution in [2.45, 2.75) is 44.0 Å². The Kier molecular flexibility index (Phi) is 6.83. The summed E-state index contributed by atoms with van der Waals surface area (Å²) in [5.74, 6) is 0.664. The molecular weight excluding hydrogens is 438 g/mol. The van der Waals surface area contributed by atoms with Crippen molar-refractivity contribution < 1.29 is 17.6 Å². The molecule has 3 aromatic rings. The number of carbonyl (C=O) groups excluding carboxylic acids is 1. The second-order valence-electron chi connectivity index (χ2n) is 8.03. The number of benzene rings is 2. The van der Waals surface area contributed by atoms with E-state index in [4.69, 9.17) is 16.0 Å². The Morgan fingerprint density at radius 2 is 1.87 bits per heavy atom. The molecule has 0 fully saturated rings. The zero-order valence-corrected chi connectivity index (χ0v) is 19.0. The minimum absolute atomic E-state index is 0.0808. The van der Waals surface area contributed by atoms with E-state index in [2.05, 4.69) is 15.0 Å². The minimum atomic E-state index is -3.70. The first-order chi connectivity index (χ1) is 14.5. The quantitative estimate of drug-likeness (QED) is 0.533. The van der Waals surface area contributed by atoms with Crippen molar-refractivity contribution in [3.05, 3.63) is 65.6 Å². The topological polar surface area (TPSA) is 101 Å². The van der Waals surface area contributed by atoms with E-state index < -0.39 is 15.6 Å². The molecule has 2 aromatic carbocycles. The van der Waals surface area contributed by atoms with Crippen molar-refractivity contribution in [3.8, 4) is 11.3 Å². The van der Waals surface area contributed by atoms with Crippen LogP contribution in [0.1, 0.15) is 33.1 Å². The molecule has 0 aliphatic heterocycles. The van der Waals surface area contributed by atoms with Crippen LogP contribution in [0.25, 0.3) is 11.3 Å². The lowest BCUT2D eigenvalue weighted by molar-refractivity contribution is -0.116. The monoisotopic (exact) mass is 461 g/mol. The molecule has 0 aliphatic carbocycles. The van der Waals surface area contributed by atoms with Gasteiger partial charge in [0.1, 0.15) is 0 Å². The lowest BCUT2D eigenvalue weighted by Gasteiger charge is -2.20. The summed E-state index contributed by atoms with van der Waals surface area (Å²) in [4.78, 5) is 16.6. The van der Waals surface area contributed by atoms with E-state index in [1.54, 1.807) is 45.2 Å². The van der Waals surface area contributed by atoms with Crippen LogP contribution < -0.4 is 10.0 Å². The molecule has 0 radical (unpaired) electrons. The van der Waals surface area contributed by atoms with Crippen molar-refractivity contribution in [3.63, 3.8) is 0 Å². The van der Waals surface area contributed by atoms with E-state index in [1.165, 1.54) is 12.1 Å². The average Bonchev–Trinajstić information content (AvgIpc) is 3.14. The van der Waals surface area contributed by atoms with Gasteiger partial charge in [-0.1, -0.05) is 29.8 Å². The second-order valence-corrected chi connectivity index (χ2v) is 10.1. The van der Waals surface area contributed by atoms with E-state index in [9.17, 15) is 13.2 Å². The van der Waals surface area contributed by atoms with Crippen LogP contribution in [0.4, 0.5) is 5.69 Å². The van der Waals surface area contributed by atoms with E-state index in [0.717, 1.165) is 5.56 Å². The van der Waals surface area contributed by atoms with Gasteiger partial charge in [-0.05, 0) is 51.1 Å². The molecule has 0 bridgehead atoms. The Labute approximate surface area is 186 Å². The van der Waals surface area contributed by atoms with Gasteiger partial charge in [-0.25, -0.2) is 18.1 Å². The van der Waals surface area contributed by atoms with Crippen LogP contribution in [0.3, 0.4) is 0 Å². The molecule has 164 valence electrons. The largest absolute Gasteiger partial charge is 0.441 e. The predicted molar refractivity (Wildman–Crippen MR) is 120 cm³/mol. The summed E-state index contributed by atoms with van der Waals surface area (Å²) in [5.41, 5.74) is 0.511. The predicted octanol–water partition coefficient (Wildman–Crippen LogP) is 4.64. The Hall–Kier alpha value is -2.68. The van der Waals surface area contributed by atoms with Crippen molar-refractivity contribution in [2.75, 3.05) is 5.32 Å². The van der Waals surface area contributed by atoms with Gasteiger partial charge >= 0.3 is 0 Å². The van der Waals surface area contributed by atoms with Gasteiger partial charge in [0.2, 0.25) is 15.9 Å². The van der Waals surface area contributed by atoms with Crippen molar-refractivity contribution in [1.29, 1.82) is 0 Å². The summed E-state index contributed by atoms with van der Waals surface area (Å²) < 4.78 is 33.3. The lowest BCUT2D eigenvalue weighted by Crippen LogP contribution is -2.40. The number of sulfonamides is 1. The fourth-order valence-corrected chi connectivity index (χ4v) is 4.55. The van der Waals surface area contributed by atoms with Gasteiger partial charge in [-0.2, -0.15) is 0 Å². The molecule has 1 heterocycles. The maximum atomic E-state index is 12.5. The zero-order chi connectivity index (χ0) is 22.6. The van der Waals surface area contributed by atoms with Gasteiger partial charge in [0, 0.05) is 29.6 Å². The van der Waals surface area contributed by atoms with Crippen LogP contribution in [-0.4, -0.2) is 24.8 Å². The number of nitrogens with zero attached hydrogens (tertiary/aromatic N) is 1. The number of carbonyl (C=O) groups is 1. The highest BCUT2D eigenvalue weighted by Crippen LogP contribution is 2.28.